The van der Waals surface area contributed by atoms with E-state index < -0.39 is 14.8 Å². The number of nitrogens with zero attached hydrogens (tertiary/aromatic N) is 1. The van der Waals surface area contributed by atoms with Crippen LogP contribution in [0.3, 0.4) is 0 Å². The third kappa shape index (κ3) is 5.50. The van der Waals surface area contributed by atoms with E-state index in [1.165, 1.54) is 45.6 Å². The second-order valence-electron chi connectivity index (χ2n) is 7.00. The van der Waals surface area contributed by atoms with Gasteiger partial charge in [0.2, 0.25) is 5.75 Å². The largest absolute Gasteiger partial charge is 0.493 e. The van der Waals surface area contributed by atoms with E-state index in [9.17, 15) is 18.5 Å². The molecule has 3 aromatic carbocycles. The average molecular weight is 470 g/mol. The molecular formula is C24H23NO7S. The van der Waals surface area contributed by atoms with Gasteiger partial charge >= 0.3 is 0 Å². The number of sulfone groups is 1. The lowest BCUT2D eigenvalue weighted by molar-refractivity contribution is -0.384. The molecular weight excluding hydrogens is 446 g/mol. The molecule has 0 radical (unpaired) electrons. The van der Waals surface area contributed by atoms with Gasteiger partial charge in [0.15, 0.2) is 21.3 Å². The van der Waals surface area contributed by atoms with Crippen molar-refractivity contribution in [3.63, 3.8) is 0 Å². The minimum Gasteiger partial charge on any atom is -0.493 e. The van der Waals surface area contributed by atoms with E-state index in [4.69, 9.17) is 14.2 Å². The molecule has 172 valence electrons. The van der Waals surface area contributed by atoms with Crippen LogP contribution in [-0.2, 0) is 15.6 Å². The van der Waals surface area contributed by atoms with Crippen LogP contribution in [0.5, 0.6) is 17.2 Å². The molecule has 0 fully saturated rings. The van der Waals surface area contributed by atoms with Gasteiger partial charge in [0.05, 0.1) is 36.9 Å². The molecule has 0 unspecified atom stereocenters. The summed E-state index contributed by atoms with van der Waals surface area (Å²) in [5.74, 6) is 1.24. The van der Waals surface area contributed by atoms with E-state index in [0.717, 1.165) is 11.1 Å². The molecule has 0 aliphatic heterocycles. The maximum atomic E-state index is 12.9. The van der Waals surface area contributed by atoms with Crippen LogP contribution in [0.25, 0.3) is 12.2 Å². The SMILES string of the molecule is COc1cc(/C=C\c2ccccc2CS(=O)(=O)c2ccc([N+](=O)[O-])cc2)cc(OC)c1OC. The molecule has 0 aliphatic rings. The van der Waals surface area contributed by atoms with Crippen LogP contribution in [0, 0.1) is 10.1 Å². The highest BCUT2D eigenvalue weighted by Crippen LogP contribution is 2.38. The number of benzene rings is 3. The number of methoxy groups -OCH3 is 3. The summed E-state index contributed by atoms with van der Waals surface area (Å²) in [4.78, 5) is 10.3. The van der Waals surface area contributed by atoms with Crippen LogP contribution in [-0.4, -0.2) is 34.7 Å². The van der Waals surface area contributed by atoms with Crippen molar-refractivity contribution in [3.05, 3.63) is 87.5 Å². The molecule has 33 heavy (non-hydrogen) atoms. The second-order valence-corrected chi connectivity index (χ2v) is 8.99. The molecule has 9 heteroatoms. The monoisotopic (exact) mass is 469 g/mol. The number of non-ortho nitro benzene ring substituents is 1. The second kappa shape index (κ2) is 10.2. The predicted molar refractivity (Wildman–Crippen MR) is 125 cm³/mol. The van der Waals surface area contributed by atoms with Gasteiger partial charge in [-0.25, -0.2) is 8.42 Å². The molecule has 0 heterocycles. The number of hydrogen-bond donors (Lipinski definition) is 0. The lowest BCUT2D eigenvalue weighted by atomic mass is 10.1. The fourth-order valence-corrected chi connectivity index (χ4v) is 4.66. The Morgan fingerprint density at radius 2 is 1.48 bits per heavy atom. The molecule has 3 rings (SSSR count). The molecule has 0 spiro atoms. The van der Waals surface area contributed by atoms with Crippen molar-refractivity contribution in [2.75, 3.05) is 21.3 Å². The van der Waals surface area contributed by atoms with Gasteiger partial charge in [0, 0.05) is 12.1 Å². The van der Waals surface area contributed by atoms with Crippen molar-refractivity contribution in [3.8, 4) is 17.2 Å². The predicted octanol–water partition coefficient (Wildman–Crippen LogP) is 4.76. The number of nitro groups is 1. The molecule has 8 nitrogen and oxygen atoms in total. The van der Waals surface area contributed by atoms with Crippen LogP contribution in [0.2, 0.25) is 0 Å². The van der Waals surface area contributed by atoms with E-state index in [1.54, 1.807) is 30.3 Å². The normalized spacial score (nSPS) is 11.4. The van der Waals surface area contributed by atoms with Crippen LogP contribution in [0.4, 0.5) is 5.69 Å². The van der Waals surface area contributed by atoms with Crippen molar-refractivity contribution in [1.29, 1.82) is 0 Å². The maximum absolute atomic E-state index is 12.9. The highest BCUT2D eigenvalue weighted by Gasteiger charge is 2.18. The van der Waals surface area contributed by atoms with E-state index in [0.29, 0.717) is 22.8 Å². The standard InChI is InChI=1S/C24H23NO7S/c1-30-22-14-17(15-23(31-2)24(22)32-3)8-9-18-6-4-5-7-19(18)16-33(28,29)21-12-10-20(11-13-21)25(26)27/h4-15H,16H2,1-3H3/b9-8-. The van der Waals surface area contributed by atoms with Crippen molar-refractivity contribution in [2.24, 2.45) is 0 Å². The summed E-state index contributed by atoms with van der Waals surface area (Å²) < 4.78 is 41.9. The Bertz CT molecular complexity index is 1260. The summed E-state index contributed by atoms with van der Waals surface area (Å²) in [6, 6.07) is 15.6. The average Bonchev–Trinajstić information content (AvgIpc) is 2.82. The third-order valence-corrected chi connectivity index (χ3v) is 6.63. The Balaban J connectivity index is 1.91. The first-order chi connectivity index (χ1) is 15.8. The molecule has 0 aliphatic carbocycles. The highest BCUT2D eigenvalue weighted by atomic mass is 32.2. The Morgan fingerprint density at radius 1 is 0.879 bits per heavy atom. The minimum atomic E-state index is -3.70. The summed E-state index contributed by atoms with van der Waals surface area (Å²) >= 11 is 0. The first-order valence-corrected chi connectivity index (χ1v) is 11.5. The van der Waals surface area contributed by atoms with Crippen LogP contribution < -0.4 is 14.2 Å². The first kappa shape index (κ1) is 23.8. The number of nitro benzene ring substituents is 1. The molecule has 0 bridgehead atoms. The topological polar surface area (TPSA) is 105 Å². The summed E-state index contributed by atoms with van der Waals surface area (Å²) in [5, 5.41) is 10.8. The lowest BCUT2D eigenvalue weighted by Gasteiger charge is -2.13. The van der Waals surface area contributed by atoms with Crippen LogP contribution in [0.15, 0.2) is 65.6 Å². The third-order valence-electron chi connectivity index (χ3n) is 4.95. The van der Waals surface area contributed by atoms with Crippen molar-refractivity contribution in [1.82, 2.24) is 0 Å². The molecule has 0 atom stereocenters. The van der Waals surface area contributed by atoms with Gasteiger partial charge < -0.3 is 14.2 Å². The van der Waals surface area contributed by atoms with Gasteiger partial charge in [-0.15, -0.1) is 0 Å². The molecule has 3 aromatic rings. The Labute approximate surface area is 192 Å². The summed E-state index contributed by atoms with van der Waals surface area (Å²) in [5.41, 5.74) is 1.93. The Hall–Kier alpha value is -3.85. The van der Waals surface area contributed by atoms with E-state index in [-0.39, 0.29) is 16.3 Å². The molecule has 0 saturated carbocycles. The van der Waals surface area contributed by atoms with E-state index in [2.05, 4.69) is 0 Å². The van der Waals surface area contributed by atoms with Crippen molar-refractivity contribution in [2.45, 2.75) is 10.6 Å². The number of ether oxygens (including phenoxy) is 3. The van der Waals surface area contributed by atoms with Gasteiger partial charge in [-0.1, -0.05) is 36.4 Å². The summed E-state index contributed by atoms with van der Waals surface area (Å²) in [7, 11) is 0.882. The van der Waals surface area contributed by atoms with Gasteiger partial charge in [-0.3, -0.25) is 10.1 Å². The number of hydrogen-bond acceptors (Lipinski definition) is 7. The summed E-state index contributed by atoms with van der Waals surface area (Å²) in [6.07, 6.45) is 3.63. The molecule has 0 amide bonds. The van der Waals surface area contributed by atoms with Gasteiger partial charge in [-0.05, 0) is 41.0 Å². The van der Waals surface area contributed by atoms with Gasteiger partial charge in [0.25, 0.3) is 5.69 Å². The zero-order chi connectivity index (χ0) is 24.0. The number of rotatable bonds is 9. The Morgan fingerprint density at radius 3 is 2.03 bits per heavy atom. The van der Waals surface area contributed by atoms with E-state index >= 15 is 0 Å². The highest BCUT2D eigenvalue weighted by molar-refractivity contribution is 7.90. The maximum Gasteiger partial charge on any atom is 0.269 e. The molecule has 0 N–H and O–H groups in total. The zero-order valence-corrected chi connectivity index (χ0v) is 19.2. The summed E-state index contributed by atoms with van der Waals surface area (Å²) in [6.45, 7) is 0. The van der Waals surface area contributed by atoms with E-state index in [1.807, 2.05) is 18.2 Å². The van der Waals surface area contributed by atoms with Crippen molar-refractivity contribution >= 4 is 27.7 Å². The Kier molecular flexibility index (Phi) is 7.34. The van der Waals surface area contributed by atoms with Crippen molar-refractivity contribution < 1.29 is 27.6 Å². The smallest absolute Gasteiger partial charge is 0.269 e. The lowest BCUT2D eigenvalue weighted by Crippen LogP contribution is -2.06. The van der Waals surface area contributed by atoms with Crippen LogP contribution >= 0.6 is 0 Å². The minimum absolute atomic E-state index is 0.0245. The van der Waals surface area contributed by atoms with Gasteiger partial charge in [-0.2, -0.15) is 0 Å². The quantitative estimate of drug-likeness (QED) is 0.253. The first-order valence-electron chi connectivity index (χ1n) is 9.82. The van der Waals surface area contributed by atoms with Gasteiger partial charge in [0.1, 0.15) is 0 Å². The fraction of sp³-hybridized carbons (Fsp3) is 0.167. The zero-order valence-electron chi connectivity index (χ0n) is 18.3. The molecule has 0 saturated heterocycles. The molecule has 0 aromatic heterocycles. The van der Waals surface area contributed by atoms with Crippen LogP contribution in [0.1, 0.15) is 16.7 Å². The fourth-order valence-electron chi connectivity index (χ4n) is 3.28.